The van der Waals surface area contributed by atoms with Gasteiger partial charge in [0, 0.05) is 38.6 Å². The number of amides is 2. The van der Waals surface area contributed by atoms with E-state index in [-0.39, 0.29) is 23.8 Å². The van der Waals surface area contributed by atoms with Gasteiger partial charge >= 0.3 is 0 Å². The normalized spacial score (nSPS) is 24.6. The van der Waals surface area contributed by atoms with Gasteiger partial charge in [-0.25, -0.2) is 0 Å². The van der Waals surface area contributed by atoms with Crippen molar-refractivity contribution in [3.05, 3.63) is 35.4 Å². The molecule has 3 aliphatic heterocycles. The van der Waals surface area contributed by atoms with Gasteiger partial charge in [0.05, 0.1) is 19.3 Å². The third kappa shape index (κ3) is 3.87. The SMILES string of the molecule is CN1Cc2ccccc2C[C@@H]1C(=O)N1CCC(C(=O)N2CCOCC2)CC1. The van der Waals surface area contributed by atoms with E-state index < -0.39 is 0 Å². The summed E-state index contributed by atoms with van der Waals surface area (Å²) in [5.74, 6) is 0.510. The zero-order valence-corrected chi connectivity index (χ0v) is 16.1. The van der Waals surface area contributed by atoms with E-state index in [1.165, 1.54) is 11.1 Å². The van der Waals surface area contributed by atoms with Crippen LogP contribution in [0.25, 0.3) is 0 Å². The fourth-order valence-corrected chi connectivity index (χ4v) is 4.53. The second kappa shape index (κ2) is 7.98. The summed E-state index contributed by atoms with van der Waals surface area (Å²) in [6.45, 7) is 4.86. The van der Waals surface area contributed by atoms with Crippen molar-refractivity contribution in [2.75, 3.05) is 46.4 Å². The highest BCUT2D eigenvalue weighted by Crippen LogP contribution is 2.26. The standard InChI is InChI=1S/C21H29N3O3/c1-22-15-18-5-3-2-4-17(18)14-19(22)21(26)23-8-6-16(7-9-23)20(25)24-10-12-27-13-11-24/h2-5,16,19H,6-15H2,1H3/t19-/m1/s1. The Hall–Kier alpha value is -1.92. The van der Waals surface area contributed by atoms with Crippen molar-refractivity contribution in [1.29, 1.82) is 0 Å². The van der Waals surface area contributed by atoms with E-state index in [4.69, 9.17) is 4.74 Å². The lowest BCUT2D eigenvalue weighted by Gasteiger charge is -2.39. The van der Waals surface area contributed by atoms with Crippen molar-refractivity contribution in [2.45, 2.75) is 31.8 Å². The van der Waals surface area contributed by atoms with Crippen molar-refractivity contribution in [2.24, 2.45) is 5.92 Å². The van der Waals surface area contributed by atoms with Crippen molar-refractivity contribution in [3.8, 4) is 0 Å². The number of benzene rings is 1. The molecule has 1 aromatic carbocycles. The van der Waals surface area contributed by atoms with Crippen molar-refractivity contribution in [3.63, 3.8) is 0 Å². The van der Waals surface area contributed by atoms with Crippen LogP contribution in [-0.4, -0.2) is 79.0 Å². The molecule has 1 atom stereocenters. The molecule has 0 saturated carbocycles. The summed E-state index contributed by atoms with van der Waals surface area (Å²) in [4.78, 5) is 31.9. The fourth-order valence-electron chi connectivity index (χ4n) is 4.53. The summed E-state index contributed by atoms with van der Waals surface area (Å²) >= 11 is 0. The first-order chi connectivity index (χ1) is 13.1. The molecule has 1 aromatic rings. The molecule has 0 unspecified atom stereocenters. The van der Waals surface area contributed by atoms with Gasteiger partial charge in [0.15, 0.2) is 0 Å². The minimum absolute atomic E-state index is 0.0527. The maximum absolute atomic E-state index is 13.1. The third-order valence-corrected chi connectivity index (χ3v) is 6.25. The van der Waals surface area contributed by atoms with Crippen LogP contribution in [0.4, 0.5) is 0 Å². The summed E-state index contributed by atoms with van der Waals surface area (Å²) in [6, 6.07) is 8.30. The Morgan fingerprint density at radius 3 is 2.26 bits per heavy atom. The number of likely N-dealkylation sites (tertiary alicyclic amines) is 1. The molecule has 6 nitrogen and oxygen atoms in total. The maximum Gasteiger partial charge on any atom is 0.240 e. The van der Waals surface area contributed by atoms with Gasteiger partial charge < -0.3 is 14.5 Å². The van der Waals surface area contributed by atoms with Gasteiger partial charge in [-0.2, -0.15) is 0 Å². The second-order valence-corrected chi connectivity index (χ2v) is 7.94. The summed E-state index contributed by atoms with van der Waals surface area (Å²) in [5, 5.41) is 0. The van der Waals surface area contributed by atoms with Crippen molar-refractivity contribution in [1.82, 2.24) is 14.7 Å². The minimum Gasteiger partial charge on any atom is -0.378 e. The highest BCUT2D eigenvalue weighted by molar-refractivity contribution is 5.83. The lowest BCUT2D eigenvalue weighted by atomic mass is 9.91. The first kappa shape index (κ1) is 18.4. The molecule has 0 N–H and O–H groups in total. The van der Waals surface area contributed by atoms with Crippen molar-refractivity contribution >= 4 is 11.8 Å². The molecule has 0 bridgehead atoms. The van der Waals surface area contributed by atoms with Crippen LogP contribution in [0.15, 0.2) is 24.3 Å². The Labute approximate surface area is 161 Å². The molecule has 3 aliphatic rings. The molecule has 6 heteroatoms. The Morgan fingerprint density at radius 1 is 0.926 bits per heavy atom. The van der Waals surface area contributed by atoms with Crippen LogP contribution in [0.3, 0.4) is 0 Å². The molecule has 4 rings (SSSR count). The average molecular weight is 371 g/mol. The number of hydrogen-bond donors (Lipinski definition) is 0. The topological polar surface area (TPSA) is 53.1 Å². The molecule has 0 spiro atoms. The van der Waals surface area contributed by atoms with Gasteiger partial charge in [-0.3, -0.25) is 14.5 Å². The Morgan fingerprint density at radius 2 is 1.56 bits per heavy atom. The van der Waals surface area contributed by atoms with Crippen LogP contribution in [0, 0.1) is 5.92 Å². The molecule has 2 amide bonds. The number of carbonyl (C=O) groups is 2. The van der Waals surface area contributed by atoms with E-state index in [1.807, 2.05) is 16.8 Å². The molecular weight excluding hydrogens is 342 g/mol. The number of rotatable bonds is 2. The maximum atomic E-state index is 13.1. The van der Waals surface area contributed by atoms with E-state index in [9.17, 15) is 9.59 Å². The lowest BCUT2D eigenvalue weighted by molar-refractivity contribution is -0.145. The number of likely N-dealkylation sites (N-methyl/N-ethyl adjacent to an activating group) is 1. The number of fused-ring (bicyclic) bond motifs is 1. The van der Waals surface area contributed by atoms with Crippen molar-refractivity contribution < 1.29 is 14.3 Å². The van der Waals surface area contributed by atoms with E-state index >= 15 is 0 Å². The molecule has 0 radical (unpaired) electrons. The quantitative estimate of drug-likeness (QED) is 0.782. The zero-order chi connectivity index (χ0) is 18.8. The molecule has 2 fully saturated rings. The summed E-state index contributed by atoms with van der Waals surface area (Å²) in [6.07, 6.45) is 2.32. The monoisotopic (exact) mass is 371 g/mol. The van der Waals surface area contributed by atoms with Gasteiger partial charge in [0.2, 0.25) is 11.8 Å². The van der Waals surface area contributed by atoms with Gasteiger partial charge in [-0.1, -0.05) is 24.3 Å². The minimum atomic E-state index is -0.0913. The number of morpholine rings is 1. The van der Waals surface area contributed by atoms with Gasteiger partial charge in [0.1, 0.15) is 0 Å². The number of ether oxygens (including phenoxy) is 1. The third-order valence-electron chi connectivity index (χ3n) is 6.25. The highest BCUT2D eigenvalue weighted by Gasteiger charge is 2.35. The van der Waals surface area contributed by atoms with Crippen LogP contribution in [-0.2, 0) is 27.3 Å². The van der Waals surface area contributed by atoms with Gasteiger partial charge in [0.25, 0.3) is 0 Å². The highest BCUT2D eigenvalue weighted by atomic mass is 16.5. The number of carbonyl (C=O) groups excluding carboxylic acids is 2. The molecule has 3 heterocycles. The second-order valence-electron chi connectivity index (χ2n) is 7.94. The Bertz CT molecular complexity index is 694. The van der Waals surface area contributed by atoms with Crippen LogP contribution >= 0.6 is 0 Å². The van der Waals surface area contributed by atoms with Crippen LogP contribution < -0.4 is 0 Å². The summed E-state index contributed by atoms with van der Waals surface area (Å²) in [7, 11) is 2.03. The number of hydrogen-bond acceptors (Lipinski definition) is 4. The predicted octanol–water partition coefficient (Wildman–Crippen LogP) is 1.14. The predicted molar refractivity (Wildman–Crippen MR) is 102 cm³/mol. The molecule has 146 valence electrons. The molecule has 27 heavy (non-hydrogen) atoms. The van der Waals surface area contributed by atoms with Crippen LogP contribution in [0.5, 0.6) is 0 Å². The summed E-state index contributed by atoms with van der Waals surface area (Å²) < 4.78 is 5.34. The average Bonchev–Trinajstić information content (AvgIpc) is 2.73. The van der Waals surface area contributed by atoms with Crippen LogP contribution in [0.1, 0.15) is 24.0 Å². The van der Waals surface area contributed by atoms with E-state index in [0.717, 1.165) is 25.8 Å². The first-order valence-electron chi connectivity index (χ1n) is 10.1. The molecular formula is C21H29N3O3. The van der Waals surface area contributed by atoms with Crippen LogP contribution in [0.2, 0.25) is 0 Å². The smallest absolute Gasteiger partial charge is 0.240 e. The van der Waals surface area contributed by atoms with E-state index in [0.29, 0.717) is 39.4 Å². The number of piperidine rings is 1. The number of nitrogens with zero attached hydrogens (tertiary/aromatic N) is 3. The molecule has 0 aliphatic carbocycles. The zero-order valence-electron chi connectivity index (χ0n) is 16.1. The van der Waals surface area contributed by atoms with E-state index in [1.54, 1.807) is 0 Å². The Balaban J connectivity index is 1.34. The molecule has 2 saturated heterocycles. The fraction of sp³-hybridized carbons (Fsp3) is 0.619. The summed E-state index contributed by atoms with van der Waals surface area (Å²) in [5.41, 5.74) is 2.60. The lowest BCUT2D eigenvalue weighted by Crippen LogP contribution is -2.53. The van der Waals surface area contributed by atoms with Gasteiger partial charge in [-0.05, 0) is 37.4 Å². The van der Waals surface area contributed by atoms with E-state index in [2.05, 4.69) is 29.2 Å². The largest absolute Gasteiger partial charge is 0.378 e. The van der Waals surface area contributed by atoms with Gasteiger partial charge in [-0.15, -0.1) is 0 Å². The first-order valence-corrected chi connectivity index (χ1v) is 10.1. The molecule has 0 aromatic heterocycles. The Kier molecular flexibility index (Phi) is 5.45.